The van der Waals surface area contributed by atoms with Crippen molar-refractivity contribution in [3.63, 3.8) is 0 Å². The summed E-state index contributed by atoms with van der Waals surface area (Å²) in [6.07, 6.45) is 2.94. The first-order valence-electron chi connectivity index (χ1n) is 8.33. The molecule has 0 aromatic heterocycles. The Morgan fingerprint density at radius 1 is 1.08 bits per heavy atom. The minimum Gasteiger partial charge on any atom is -0.310 e. The van der Waals surface area contributed by atoms with Crippen LogP contribution in [0.2, 0.25) is 0 Å². The van der Waals surface area contributed by atoms with E-state index in [-0.39, 0.29) is 5.91 Å². The number of carbonyl (C=O) groups is 1. The zero-order valence-corrected chi connectivity index (χ0v) is 15.2. The number of anilines is 2. The van der Waals surface area contributed by atoms with Crippen LogP contribution < -0.4 is 9.21 Å². The van der Waals surface area contributed by atoms with E-state index >= 15 is 0 Å². The molecular formula is C19H22N2O3S. The molecule has 2 aromatic carbocycles. The molecule has 0 saturated carbocycles. The predicted octanol–water partition coefficient (Wildman–Crippen LogP) is 2.82. The second kappa shape index (κ2) is 6.88. The van der Waals surface area contributed by atoms with Crippen molar-refractivity contribution in [2.75, 3.05) is 22.0 Å². The van der Waals surface area contributed by atoms with Gasteiger partial charge in [-0.15, -0.1) is 0 Å². The van der Waals surface area contributed by atoms with Crippen molar-refractivity contribution in [2.24, 2.45) is 0 Å². The Bertz CT molecular complexity index is 865. The van der Waals surface area contributed by atoms with Crippen LogP contribution in [0.15, 0.2) is 54.6 Å². The Balaban J connectivity index is 1.96. The summed E-state index contributed by atoms with van der Waals surface area (Å²) < 4.78 is 25.9. The number of fused-ring (bicyclic) bond motifs is 1. The van der Waals surface area contributed by atoms with E-state index in [0.29, 0.717) is 12.2 Å². The Morgan fingerprint density at radius 2 is 1.72 bits per heavy atom. The summed E-state index contributed by atoms with van der Waals surface area (Å²) in [6, 6.07) is 15.7. The highest BCUT2D eigenvalue weighted by molar-refractivity contribution is 7.92. The van der Waals surface area contributed by atoms with E-state index in [0.717, 1.165) is 30.3 Å². The molecule has 1 aliphatic rings. The molecule has 0 radical (unpaired) electrons. The first-order chi connectivity index (χ1) is 11.9. The maximum absolute atomic E-state index is 13.1. The van der Waals surface area contributed by atoms with E-state index < -0.39 is 16.1 Å². The average molecular weight is 358 g/mol. The molecule has 2 aromatic rings. The molecule has 0 fully saturated rings. The average Bonchev–Trinajstić information content (AvgIpc) is 2.60. The lowest BCUT2D eigenvalue weighted by Gasteiger charge is -2.35. The third-order valence-electron chi connectivity index (χ3n) is 4.45. The standard InChI is InChI=1S/C19H22N2O3S/c1-15(21(25(2,23)24)17-11-4-3-5-12-17)19(22)20-14-8-10-16-9-6-7-13-18(16)20/h3-7,9,11-13,15H,8,10,14H2,1-2H3/t15-/m0/s1. The fourth-order valence-corrected chi connectivity index (χ4v) is 4.53. The molecule has 25 heavy (non-hydrogen) atoms. The van der Waals surface area contributed by atoms with Gasteiger partial charge in [0.05, 0.1) is 11.9 Å². The van der Waals surface area contributed by atoms with Gasteiger partial charge in [-0.1, -0.05) is 36.4 Å². The SMILES string of the molecule is C[C@@H](C(=O)N1CCCc2ccccc21)N(c1ccccc1)S(C)(=O)=O. The highest BCUT2D eigenvalue weighted by atomic mass is 32.2. The molecular weight excluding hydrogens is 336 g/mol. The number of nitrogens with zero attached hydrogens (tertiary/aromatic N) is 2. The predicted molar refractivity (Wildman–Crippen MR) is 100 cm³/mol. The Kier molecular flexibility index (Phi) is 4.81. The zero-order chi connectivity index (χ0) is 18.0. The molecule has 1 atom stereocenters. The normalized spacial score (nSPS) is 15.4. The zero-order valence-electron chi connectivity index (χ0n) is 14.4. The summed E-state index contributed by atoms with van der Waals surface area (Å²) in [5, 5.41) is 0. The lowest BCUT2D eigenvalue weighted by Crippen LogP contribution is -2.50. The second-order valence-corrected chi connectivity index (χ2v) is 8.15. The molecule has 1 heterocycles. The minimum absolute atomic E-state index is 0.207. The van der Waals surface area contributed by atoms with E-state index in [4.69, 9.17) is 0 Å². The van der Waals surface area contributed by atoms with Crippen molar-refractivity contribution >= 4 is 27.3 Å². The number of benzene rings is 2. The molecule has 1 aliphatic heterocycles. The molecule has 0 bridgehead atoms. The molecule has 3 rings (SSSR count). The summed E-state index contributed by atoms with van der Waals surface area (Å²) >= 11 is 0. The summed E-state index contributed by atoms with van der Waals surface area (Å²) in [6.45, 7) is 2.25. The van der Waals surface area contributed by atoms with Gasteiger partial charge in [-0.05, 0) is 43.5 Å². The Morgan fingerprint density at radius 3 is 2.40 bits per heavy atom. The quantitative estimate of drug-likeness (QED) is 0.844. The largest absolute Gasteiger partial charge is 0.310 e. The van der Waals surface area contributed by atoms with Crippen molar-refractivity contribution in [2.45, 2.75) is 25.8 Å². The van der Waals surface area contributed by atoms with E-state index in [1.807, 2.05) is 30.3 Å². The lowest BCUT2D eigenvalue weighted by molar-refractivity contribution is -0.119. The summed E-state index contributed by atoms with van der Waals surface area (Å²) in [7, 11) is -3.59. The lowest BCUT2D eigenvalue weighted by atomic mass is 10.0. The van der Waals surface area contributed by atoms with Crippen LogP contribution in [0.1, 0.15) is 18.9 Å². The van der Waals surface area contributed by atoms with Crippen molar-refractivity contribution in [1.29, 1.82) is 0 Å². The van der Waals surface area contributed by atoms with Gasteiger partial charge in [0.1, 0.15) is 6.04 Å². The van der Waals surface area contributed by atoms with Gasteiger partial charge in [-0.2, -0.15) is 0 Å². The third-order valence-corrected chi connectivity index (χ3v) is 5.70. The molecule has 0 spiro atoms. The van der Waals surface area contributed by atoms with Crippen molar-refractivity contribution < 1.29 is 13.2 Å². The highest BCUT2D eigenvalue weighted by Crippen LogP contribution is 2.29. The molecule has 0 aliphatic carbocycles. The number of sulfonamides is 1. The van der Waals surface area contributed by atoms with E-state index in [9.17, 15) is 13.2 Å². The number of para-hydroxylation sites is 2. The number of hydrogen-bond donors (Lipinski definition) is 0. The van der Waals surface area contributed by atoms with Crippen LogP contribution in [0.25, 0.3) is 0 Å². The number of aryl methyl sites for hydroxylation is 1. The molecule has 132 valence electrons. The van der Waals surface area contributed by atoms with Gasteiger partial charge in [0.2, 0.25) is 10.0 Å². The van der Waals surface area contributed by atoms with E-state index in [1.54, 1.807) is 36.1 Å². The van der Waals surface area contributed by atoms with Crippen LogP contribution >= 0.6 is 0 Å². The van der Waals surface area contributed by atoms with Crippen LogP contribution in [0.5, 0.6) is 0 Å². The molecule has 0 unspecified atom stereocenters. The number of carbonyl (C=O) groups excluding carboxylic acids is 1. The number of rotatable bonds is 4. The van der Waals surface area contributed by atoms with Crippen molar-refractivity contribution in [3.05, 3.63) is 60.2 Å². The van der Waals surface area contributed by atoms with Gasteiger partial charge in [0, 0.05) is 12.2 Å². The summed E-state index contributed by atoms with van der Waals surface area (Å²) in [4.78, 5) is 14.9. The van der Waals surface area contributed by atoms with Crippen LogP contribution in [0.4, 0.5) is 11.4 Å². The highest BCUT2D eigenvalue weighted by Gasteiger charge is 2.33. The van der Waals surface area contributed by atoms with Gasteiger partial charge < -0.3 is 4.90 Å². The second-order valence-electron chi connectivity index (χ2n) is 6.29. The number of amides is 1. The fourth-order valence-electron chi connectivity index (χ4n) is 3.37. The van der Waals surface area contributed by atoms with Crippen molar-refractivity contribution in [1.82, 2.24) is 0 Å². The van der Waals surface area contributed by atoms with E-state index in [1.165, 1.54) is 4.31 Å². The van der Waals surface area contributed by atoms with Gasteiger partial charge in [-0.3, -0.25) is 9.10 Å². The Labute approximate surface area is 148 Å². The van der Waals surface area contributed by atoms with Crippen LogP contribution in [-0.2, 0) is 21.2 Å². The van der Waals surface area contributed by atoms with Crippen LogP contribution in [0, 0.1) is 0 Å². The molecule has 0 saturated heterocycles. The summed E-state index contributed by atoms with van der Waals surface area (Å²) in [5.74, 6) is -0.207. The minimum atomic E-state index is -3.59. The molecule has 5 nitrogen and oxygen atoms in total. The smallest absolute Gasteiger partial charge is 0.250 e. The van der Waals surface area contributed by atoms with Gasteiger partial charge >= 0.3 is 0 Å². The first-order valence-corrected chi connectivity index (χ1v) is 10.2. The van der Waals surface area contributed by atoms with Crippen LogP contribution in [0.3, 0.4) is 0 Å². The summed E-state index contributed by atoms with van der Waals surface area (Å²) in [5.41, 5.74) is 2.50. The maximum Gasteiger partial charge on any atom is 0.250 e. The number of hydrogen-bond acceptors (Lipinski definition) is 3. The van der Waals surface area contributed by atoms with E-state index in [2.05, 4.69) is 0 Å². The molecule has 6 heteroatoms. The first kappa shape index (κ1) is 17.5. The van der Waals surface area contributed by atoms with Gasteiger partial charge in [0.25, 0.3) is 5.91 Å². The third kappa shape index (κ3) is 3.54. The van der Waals surface area contributed by atoms with Crippen LogP contribution in [-0.4, -0.2) is 33.2 Å². The Hall–Kier alpha value is -2.34. The maximum atomic E-state index is 13.1. The monoisotopic (exact) mass is 358 g/mol. The topological polar surface area (TPSA) is 57.7 Å². The van der Waals surface area contributed by atoms with Gasteiger partial charge in [0.15, 0.2) is 0 Å². The molecule has 0 N–H and O–H groups in total. The van der Waals surface area contributed by atoms with Crippen molar-refractivity contribution in [3.8, 4) is 0 Å². The fraction of sp³-hybridized carbons (Fsp3) is 0.316. The van der Waals surface area contributed by atoms with Gasteiger partial charge in [-0.25, -0.2) is 8.42 Å². The molecule has 1 amide bonds.